The van der Waals surface area contributed by atoms with Crippen molar-refractivity contribution in [1.29, 1.82) is 0 Å². The van der Waals surface area contributed by atoms with Crippen molar-refractivity contribution in [3.05, 3.63) is 35.4 Å². The number of aliphatic hydroxyl groups is 1. The van der Waals surface area contributed by atoms with Crippen molar-refractivity contribution in [2.75, 3.05) is 13.1 Å². The highest BCUT2D eigenvalue weighted by molar-refractivity contribution is 5.22. The maximum atomic E-state index is 13.6. The average molecular weight is 241 g/mol. The number of halogens is 2. The van der Waals surface area contributed by atoms with E-state index in [0.717, 1.165) is 31.5 Å². The highest BCUT2D eigenvalue weighted by Gasteiger charge is 2.24. The molecule has 1 aliphatic rings. The lowest BCUT2D eigenvalue weighted by Crippen LogP contribution is -2.40. The summed E-state index contributed by atoms with van der Waals surface area (Å²) in [6.45, 7) is 3.18. The number of β-amino-alcohol motifs (C(OH)–C–C–N with tert-alkyl or cyclic N) is 1. The van der Waals surface area contributed by atoms with Crippen LogP contribution < -0.4 is 0 Å². The molecule has 1 heterocycles. The maximum Gasteiger partial charge on any atom is 0.128 e. The van der Waals surface area contributed by atoms with Crippen LogP contribution in [0.5, 0.6) is 0 Å². The van der Waals surface area contributed by atoms with Crippen LogP contribution in [0.4, 0.5) is 8.78 Å². The summed E-state index contributed by atoms with van der Waals surface area (Å²) in [5.74, 6) is -0.815. The van der Waals surface area contributed by atoms with Crippen molar-refractivity contribution >= 4 is 0 Å². The Hall–Kier alpha value is -1.00. The zero-order chi connectivity index (χ0) is 12.4. The Balaban J connectivity index is 2.18. The van der Waals surface area contributed by atoms with Crippen molar-refractivity contribution in [3.8, 4) is 0 Å². The Morgan fingerprint density at radius 2 is 2.18 bits per heavy atom. The second kappa shape index (κ2) is 5.10. The number of piperidine rings is 1. The van der Waals surface area contributed by atoms with E-state index in [1.807, 2.05) is 11.8 Å². The largest absolute Gasteiger partial charge is 0.392 e. The molecule has 2 atom stereocenters. The number of nitrogens with zero attached hydrogens (tertiary/aromatic N) is 1. The van der Waals surface area contributed by atoms with Crippen LogP contribution >= 0.6 is 0 Å². The summed E-state index contributed by atoms with van der Waals surface area (Å²) in [7, 11) is 0. The van der Waals surface area contributed by atoms with E-state index in [2.05, 4.69) is 0 Å². The zero-order valence-electron chi connectivity index (χ0n) is 9.87. The molecule has 1 aliphatic heterocycles. The molecule has 2 nitrogen and oxygen atoms in total. The summed E-state index contributed by atoms with van der Waals surface area (Å²) in [5, 5.41) is 9.59. The maximum absolute atomic E-state index is 13.6. The topological polar surface area (TPSA) is 23.5 Å². The summed E-state index contributed by atoms with van der Waals surface area (Å²) in [5.41, 5.74) is 0.360. The first-order valence-electron chi connectivity index (χ1n) is 5.95. The molecule has 0 aromatic heterocycles. The van der Waals surface area contributed by atoms with Gasteiger partial charge in [0.25, 0.3) is 0 Å². The van der Waals surface area contributed by atoms with Crippen LogP contribution in [0.2, 0.25) is 0 Å². The minimum Gasteiger partial charge on any atom is -0.392 e. The molecule has 1 aromatic rings. The Kier molecular flexibility index (Phi) is 3.74. The standard InChI is InChI=1S/C13H17F2NO/c1-9(16-6-2-3-11(17)8-16)12-7-10(14)4-5-13(12)15/h4-5,7,9,11,17H,2-3,6,8H2,1H3. The van der Waals surface area contributed by atoms with E-state index >= 15 is 0 Å². The fourth-order valence-corrected chi connectivity index (χ4v) is 2.37. The van der Waals surface area contributed by atoms with Crippen molar-refractivity contribution in [1.82, 2.24) is 4.90 Å². The van der Waals surface area contributed by atoms with E-state index in [1.54, 1.807) is 0 Å². The Morgan fingerprint density at radius 1 is 1.41 bits per heavy atom. The molecule has 2 rings (SSSR count). The molecule has 4 heteroatoms. The number of aliphatic hydroxyl groups excluding tert-OH is 1. The molecule has 0 amide bonds. The number of hydrogen-bond acceptors (Lipinski definition) is 2. The van der Waals surface area contributed by atoms with E-state index in [9.17, 15) is 13.9 Å². The summed E-state index contributed by atoms with van der Waals surface area (Å²) in [4.78, 5) is 1.99. The van der Waals surface area contributed by atoms with Gasteiger partial charge in [0.15, 0.2) is 0 Å². The number of hydrogen-bond donors (Lipinski definition) is 1. The molecule has 1 fully saturated rings. The summed E-state index contributed by atoms with van der Waals surface area (Å²) in [6.07, 6.45) is 1.32. The predicted octanol–water partition coefficient (Wildman–Crippen LogP) is 2.48. The van der Waals surface area contributed by atoms with Crippen LogP contribution in [0.25, 0.3) is 0 Å². The van der Waals surface area contributed by atoms with Gasteiger partial charge in [0.2, 0.25) is 0 Å². The molecule has 1 saturated heterocycles. The Labute approximate surface area is 99.9 Å². The first kappa shape index (κ1) is 12.5. The molecule has 1 aromatic carbocycles. The summed E-state index contributed by atoms with van der Waals surface area (Å²) in [6, 6.07) is 3.31. The molecular weight excluding hydrogens is 224 g/mol. The Bertz CT molecular complexity index is 397. The summed E-state index contributed by atoms with van der Waals surface area (Å²) < 4.78 is 26.7. The molecule has 1 N–H and O–H groups in total. The van der Waals surface area contributed by atoms with Gasteiger partial charge in [0.1, 0.15) is 11.6 Å². The predicted molar refractivity (Wildman–Crippen MR) is 61.6 cm³/mol. The molecule has 0 radical (unpaired) electrons. The van der Waals surface area contributed by atoms with Crippen LogP contribution in [0.1, 0.15) is 31.4 Å². The SMILES string of the molecule is CC(c1cc(F)ccc1F)N1CCCC(O)C1. The van der Waals surface area contributed by atoms with Crippen molar-refractivity contribution in [2.24, 2.45) is 0 Å². The molecule has 0 spiro atoms. The fraction of sp³-hybridized carbons (Fsp3) is 0.538. The minimum absolute atomic E-state index is 0.208. The van der Waals surface area contributed by atoms with Gasteiger partial charge in [-0.2, -0.15) is 0 Å². The van der Waals surface area contributed by atoms with Gasteiger partial charge in [-0.05, 0) is 44.5 Å². The van der Waals surface area contributed by atoms with E-state index in [1.165, 1.54) is 6.07 Å². The van der Waals surface area contributed by atoms with Gasteiger partial charge in [-0.25, -0.2) is 8.78 Å². The van der Waals surface area contributed by atoms with Gasteiger partial charge in [-0.15, -0.1) is 0 Å². The third-order valence-electron chi connectivity index (χ3n) is 3.38. The molecular formula is C13H17F2NO. The van der Waals surface area contributed by atoms with E-state index in [-0.39, 0.29) is 18.0 Å². The third-order valence-corrected chi connectivity index (χ3v) is 3.38. The smallest absolute Gasteiger partial charge is 0.128 e. The minimum atomic E-state index is -0.425. The molecule has 0 bridgehead atoms. The monoisotopic (exact) mass is 241 g/mol. The molecule has 17 heavy (non-hydrogen) atoms. The van der Waals surface area contributed by atoms with Crippen molar-refractivity contribution in [3.63, 3.8) is 0 Å². The lowest BCUT2D eigenvalue weighted by molar-refractivity contribution is 0.0495. The van der Waals surface area contributed by atoms with Gasteiger partial charge < -0.3 is 5.11 Å². The second-order valence-corrected chi connectivity index (χ2v) is 4.63. The normalized spacial score (nSPS) is 23.6. The van der Waals surface area contributed by atoms with E-state index < -0.39 is 5.82 Å². The first-order chi connectivity index (χ1) is 8.08. The molecule has 94 valence electrons. The number of benzene rings is 1. The third kappa shape index (κ3) is 2.82. The van der Waals surface area contributed by atoms with Gasteiger partial charge in [0.05, 0.1) is 6.10 Å². The first-order valence-corrected chi connectivity index (χ1v) is 5.95. The lowest BCUT2D eigenvalue weighted by atomic mass is 10.0. The van der Waals surface area contributed by atoms with Crippen molar-refractivity contribution in [2.45, 2.75) is 31.9 Å². The van der Waals surface area contributed by atoms with Gasteiger partial charge in [0, 0.05) is 18.2 Å². The quantitative estimate of drug-likeness (QED) is 0.860. The van der Waals surface area contributed by atoms with Gasteiger partial charge in [-0.3, -0.25) is 4.90 Å². The van der Waals surface area contributed by atoms with Crippen molar-refractivity contribution < 1.29 is 13.9 Å². The van der Waals surface area contributed by atoms with E-state index in [4.69, 9.17) is 0 Å². The van der Waals surface area contributed by atoms with Crippen LogP contribution in [0, 0.1) is 11.6 Å². The molecule has 2 unspecified atom stereocenters. The van der Waals surface area contributed by atoms with Crippen LogP contribution in [-0.4, -0.2) is 29.2 Å². The summed E-state index contributed by atoms with van der Waals surface area (Å²) >= 11 is 0. The van der Waals surface area contributed by atoms with Crippen LogP contribution in [-0.2, 0) is 0 Å². The average Bonchev–Trinajstić information content (AvgIpc) is 2.31. The second-order valence-electron chi connectivity index (χ2n) is 4.63. The highest BCUT2D eigenvalue weighted by atomic mass is 19.1. The lowest BCUT2D eigenvalue weighted by Gasteiger charge is -2.35. The Morgan fingerprint density at radius 3 is 2.88 bits per heavy atom. The fourth-order valence-electron chi connectivity index (χ4n) is 2.37. The molecule has 0 saturated carbocycles. The van der Waals surface area contributed by atoms with Gasteiger partial charge in [-0.1, -0.05) is 0 Å². The zero-order valence-corrected chi connectivity index (χ0v) is 9.87. The van der Waals surface area contributed by atoms with Crippen LogP contribution in [0.15, 0.2) is 18.2 Å². The number of rotatable bonds is 2. The van der Waals surface area contributed by atoms with E-state index in [0.29, 0.717) is 12.1 Å². The molecule has 0 aliphatic carbocycles. The van der Waals surface area contributed by atoms with Gasteiger partial charge >= 0.3 is 0 Å². The highest BCUT2D eigenvalue weighted by Crippen LogP contribution is 2.26. The van der Waals surface area contributed by atoms with Crippen LogP contribution in [0.3, 0.4) is 0 Å². The number of likely N-dealkylation sites (tertiary alicyclic amines) is 1.